The highest BCUT2D eigenvalue weighted by Crippen LogP contribution is 2.45. The van der Waals surface area contributed by atoms with Crippen LogP contribution in [0.3, 0.4) is 0 Å². The number of aromatic amines is 1. The highest BCUT2D eigenvalue weighted by molar-refractivity contribution is 7.71. The Morgan fingerprint density at radius 1 is 1.54 bits per heavy atom. The quantitative estimate of drug-likeness (QED) is 0.619. The van der Waals surface area contributed by atoms with E-state index in [0.29, 0.717) is 23.4 Å². The van der Waals surface area contributed by atoms with Gasteiger partial charge < -0.3 is 4.57 Å². The van der Waals surface area contributed by atoms with Crippen LogP contribution in [0.5, 0.6) is 0 Å². The smallest absolute Gasteiger partial charge is 0.238 e. The number of hydrogen-bond acceptors (Lipinski definition) is 4. The third kappa shape index (κ3) is 2.48. The maximum atomic E-state index is 12.0. The van der Waals surface area contributed by atoms with Gasteiger partial charge in [-0.2, -0.15) is 5.21 Å². The molecule has 0 amide bonds. The van der Waals surface area contributed by atoms with Crippen LogP contribution in [0.1, 0.15) is 13.8 Å². The molecule has 0 aliphatic carbocycles. The predicted octanol–water partition coefficient (Wildman–Crippen LogP) is 1.70. The lowest BCUT2D eigenvalue weighted by Gasteiger charge is -2.13. The average molecular weight is 220 g/mol. The van der Waals surface area contributed by atoms with Crippen LogP contribution in [0.2, 0.25) is 0 Å². The largest absolute Gasteiger partial charge is 0.322 e. The summed E-state index contributed by atoms with van der Waals surface area (Å²) in [5.74, 6) is 0. The highest BCUT2D eigenvalue weighted by Gasteiger charge is 2.18. The van der Waals surface area contributed by atoms with Gasteiger partial charge in [-0.05, 0) is 24.5 Å². The zero-order valence-corrected chi connectivity index (χ0v) is 9.44. The van der Waals surface area contributed by atoms with Crippen LogP contribution < -0.4 is 0 Å². The molecule has 5 nitrogen and oxygen atoms in total. The Bertz CT molecular complexity index is 363. The van der Waals surface area contributed by atoms with Gasteiger partial charge in [-0.25, -0.2) is 4.68 Å². The summed E-state index contributed by atoms with van der Waals surface area (Å²) in [6, 6.07) is 0. The second-order valence-corrected chi connectivity index (χ2v) is 6.87. The molecule has 0 aromatic carbocycles. The summed E-state index contributed by atoms with van der Waals surface area (Å²) >= 11 is 4.89. The van der Waals surface area contributed by atoms with E-state index in [-0.39, 0.29) is 0 Å². The molecule has 0 bridgehead atoms. The molecule has 1 N–H and O–H groups in total. The first-order chi connectivity index (χ1) is 6.11. The monoisotopic (exact) mass is 220 g/mol. The van der Waals surface area contributed by atoms with Crippen LogP contribution in [0, 0.1) is 4.77 Å². The van der Waals surface area contributed by atoms with Crippen LogP contribution in [0.25, 0.3) is 0 Å². The van der Waals surface area contributed by atoms with E-state index in [2.05, 4.69) is 15.5 Å². The number of rotatable bonds is 4. The minimum absolute atomic E-state index is 0.363. The summed E-state index contributed by atoms with van der Waals surface area (Å²) in [7, 11) is -2.11. The number of aromatic nitrogens is 4. The Morgan fingerprint density at radius 2 is 2.15 bits per heavy atom. The molecule has 1 aromatic heterocycles. The molecule has 0 spiro atoms. The van der Waals surface area contributed by atoms with Gasteiger partial charge in [-0.3, -0.25) is 0 Å². The van der Waals surface area contributed by atoms with Gasteiger partial charge in [0.1, 0.15) is 7.14 Å². The molecule has 0 saturated heterocycles. The third-order valence-corrected chi connectivity index (χ3v) is 5.49. The Hall–Kier alpha value is -0.480. The minimum Gasteiger partial charge on any atom is -0.322 e. The number of hydrogen-bond donors (Lipinski definition) is 1. The first-order valence-electron chi connectivity index (χ1n) is 4.16. The van der Waals surface area contributed by atoms with Gasteiger partial charge in [0.25, 0.3) is 0 Å². The van der Waals surface area contributed by atoms with Gasteiger partial charge in [0.2, 0.25) is 4.77 Å². The van der Waals surface area contributed by atoms with E-state index in [1.807, 2.05) is 13.8 Å². The normalized spacial score (nSPS) is 11.8. The zero-order chi connectivity index (χ0) is 9.90. The maximum absolute atomic E-state index is 12.0. The van der Waals surface area contributed by atoms with E-state index >= 15 is 0 Å². The molecular weight excluding hydrogens is 207 g/mol. The molecule has 1 heterocycles. The maximum Gasteiger partial charge on any atom is 0.238 e. The van der Waals surface area contributed by atoms with Crippen molar-refractivity contribution >= 4 is 19.4 Å². The van der Waals surface area contributed by atoms with Gasteiger partial charge in [0.15, 0.2) is 0 Å². The van der Waals surface area contributed by atoms with Crippen LogP contribution >= 0.6 is 19.4 Å². The summed E-state index contributed by atoms with van der Waals surface area (Å²) in [6.45, 7) is 3.86. The van der Waals surface area contributed by atoms with Crippen molar-refractivity contribution < 1.29 is 4.57 Å². The number of H-pyrrole nitrogens is 1. The van der Waals surface area contributed by atoms with Crippen molar-refractivity contribution in [1.29, 1.82) is 0 Å². The van der Waals surface area contributed by atoms with E-state index in [1.165, 1.54) is 0 Å². The predicted molar refractivity (Wildman–Crippen MR) is 53.9 cm³/mol. The van der Waals surface area contributed by atoms with Crippen LogP contribution in [-0.2, 0) is 10.9 Å². The van der Waals surface area contributed by atoms with Crippen LogP contribution in [0.15, 0.2) is 0 Å². The topological polar surface area (TPSA) is 63.6 Å². The summed E-state index contributed by atoms with van der Waals surface area (Å²) in [4.78, 5) is 0. The Balaban J connectivity index is 2.85. The molecule has 0 fully saturated rings. The third-order valence-electron chi connectivity index (χ3n) is 2.08. The molecule has 0 unspecified atom stereocenters. The van der Waals surface area contributed by atoms with Crippen molar-refractivity contribution in [3.8, 4) is 0 Å². The van der Waals surface area contributed by atoms with Gasteiger partial charge in [0, 0.05) is 0 Å². The van der Waals surface area contributed by atoms with E-state index in [4.69, 9.17) is 12.2 Å². The van der Waals surface area contributed by atoms with Crippen molar-refractivity contribution in [3.63, 3.8) is 0 Å². The van der Waals surface area contributed by atoms with Gasteiger partial charge in [-0.1, -0.05) is 24.2 Å². The molecule has 13 heavy (non-hydrogen) atoms. The lowest BCUT2D eigenvalue weighted by Crippen LogP contribution is -2.04. The lowest BCUT2D eigenvalue weighted by atomic mass is 11.0. The number of nitrogens with zero attached hydrogens (tertiary/aromatic N) is 3. The fourth-order valence-electron chi connectivity index (χ4n) is 0.989. The molecule has 7 heteroatoms. The fraction of sp³-hybridized carbons (Fsp3) is 0.833. The Kier molecular flexibility index (Phi) is 3.39. The second-order valence-electron chi connectivity index (χ2n) is 2.84. The molecule has 0 aliphatic heterocycles. The van der Waals surface area contributed by atoms with Crippen molar-refractivity contribution in [3.05, 3.63) is 4.77 Å². The van der Waals surface area contributed by atoms with Crippen LogP contribution in [-0.4, -0.2) is 32.5 Å². The molecule has 0 aliphatic rings. The minimum atomic E-state index is -2.11. The van der Waals surface area contributed by atoms with Crippen molar-refractivity contribution in [1.82, 2.24) is 20.2 Å². The van der Waals surface area contributed by atoms with E-state index in [9.17, 15) is 4.57 Å². The summed E-state index contributed by atoms with van der Waals surface area (Å²) in [5, 5.41) is 9.77. The van der Waals surface area contributed by atoms with Gasteiger partial charge >= 0.3 is 0 Å². The average Bonchev–Trinajstić information content (AvgIpc) is 2.52. The van der Waals surface area contributed by atoms with Gasteiger partial charge in [0.05, 0.1) is 6.29 Å². The molecule has 74 valence electrons. The molecule has 0 radical (unpaired) electrons. The molecule has 1 aromatic rings. The van der Waals surface area contributed by atoms with Gasteiger partial charge in [-0.15, -0.1) is 0 Å². The zero-order valence-electron chi connectivity index (χ0n) is 7.73. The summed E-state index contributed by atoms with van der Waals surface area (Å²) in [6.07, 6.45) is 1.79. The van der Waals surface area contributed by atoms with Crippen molar-refractivity contribution in [2.45, 2.75) is 20.1 Å². The Morgan fingerprint density at radius 3 is 2.54 bits per heavy atom. The fourth-order valence-corrected chi connectivity index (χ4v) is 2.79. The first-order valence-corrected chi connectivity index (χ1v) is 6.83. The second kappa shape index (κ2) is 4.15. The molecular formula is C6H13N4OPS. The summed E-state index contributed by atoms with van der Waals surface area (Å²) in [5.41, 5.74) is 0. The van der Waals surface area contributed by atoms with E-state index in [1.54, 1.807) is 4.68 Å². The molecule has 0 saturated carbocycles. The highest BCUT2D eigenvalue weighted by atomic mass is 32.1. The SMILES string of the molecule is CCP(=O)(CC)Cn1[nH]nnc1=S. The van der Waals surface area contributed by atoms with E-state index in [0.717, 1.165) is 0 Å². The first kappa shape index (κ1) is 10.6. The standard InChI is InChI=1S/C6H13N4OPS/c1-3-12(11,4-2)5-10-6(13)7-8-9-10/h3-5H2,1-2H3,(H,7,9,13). The van der Waals surface area contributed by atoms with Crippen LogP contribution in [0.4, 0.5) is 0 Å². The number of nitrogens with one attached hydrogen (secondary N) is 1. The molecule has 1 rings (SSSR count). The Labute approximate surface area is 81.9 Å². The molecule has 0 atom stereocenters. The van der Waals surface area contributed by atoms with E-state index < -0.39 is 7.14 Å². The summed E-state index contributed by atoms with van der Waals surface area (Å²) < 4.78 is 13.9. The van der Waals surface area contributed by atoms with Crippen molar-refractivity contribution in [2.75, 3.05) is 12.3 Å². The number of tetrazole rings is 1. The van der Waals surface area contributed by atoms with Crippen molar-refractivity contribution in [2.24, 2.45) is 0 Å². The lowest BCUT2D eigenvalue weighted by molar-refractivity contribution is 0.557.